The fourth-order valence-corrected chi connectivity index (χ4v) is 2.23. The predicted molar refractivity (Wildman–Crippen MR) is 75.0 cm³/mol. The quantitative estimate of drug-likeness (QED) is 0.756. The molecule has 0 atom stereocenters. The fourth-order valence-electron chi connectivity index (χ4n) is 2.23. The molecule has 0 aliphatic heterocycles. The molecule has 19 heavy (non-hydrogen) atoms. The van der Waals surface area contributed by atoms with Crippen LogP contribution in [0.3, 0.4) is 0 Å². The third kappa shape index (κ3) is 4.67. The van der Waals surface area contributed by atoms with Gasteiger partial charge in [0.2, 0.25) is 0 Å². The first kappa shape index (κ1) is 15.7. The molecule has 0 spiro atoms. The molecule has 2 N–H and O–H groups in total. The number of aromatic nitrogens is 2. The van der Waals surface area contributed by atoms with Gasteiger partial charge in [-0.05, 0) is 19.8 Å². The SMILES string of the molecule is CCCC(O)(CCC)CNC(=O)c1cnn(CC)c1. The van der Waals surface area contributed by atoms with E-state index in [-0.39, 0.29) is 5.91 Å². The number of hydrogen-bond donors (Lipinski definition) is 2. The van der Waals surface area contributed by atoms with Gasteiger partial charge in [-0.2, -0.15) is 5.10 Å². The maximum Gasteiger partial charge on any atom is 0.254 e. The molecule has 0 saturated carbocycles. The molecule has 0 unspecified atom stereocenters. The first-order valence-electron chi connectivity index (χ1n) is 7.07. The lowest BCUT2D eigenvalue weighted by molar-refractivity contribution is 0.0213. The summed E-state index contributed by atoms with van der Waals surface area (Å²) in [6.07, 6.45) is 6.48. The molecule has 1 aromatic heterocycles. The average molecular weight is 267 g/mol. The highest BCUT2D eigenvalue weighted by Crippen LogP contribution is 2.18. The normalized spacial score (nSPS) is 11.6. The van der Waals surface area contributed by atoms with E-state index in [4.69, 9.17) is 0 Å². The molecule has 0 aliphatic rings. The maximum absolute atomic E-state index is 12.0. The van der Waals surface area contributed by atoms with E-state index in [2.05, 4.69) is 10.4 Å². The minimum atomic E-state index is -0.792. The third-order valence-corrected chi connectivity index (χ3v) is 3.23. The lowest BCUT2D eigenvalue weighted by Gasteiger charge is -2.27. The highest BCUT2D eigenvalue weighted by atomic mass is 16.3. The van der Waals surface area contributed by atoms with Crippen LogP contribution in [0.25, 0.3) is 0 Å². The van der Waals surface area contributed by atoms with E-state index in [0.29, 0.717) is 24.9 Å². The van der Waals surface area contributed by atoms with Crippen LogP contribution in [0.5, 0.6) is 0 Å². The minimum absolute atomic E-state index is 0.176. The van der Waals surface area contributed by atoms with Crippen LogP contribution in [0.1, 0.15) is 56.8 Å². The average Bonchev–Trinajstić information content (AvgIpc) is 2.85. The summed E-state index contributed by atoms with van der Waals surface area (Å²) in [7, 11) is 0. The summed E-state index contributed by atoms with van der Waals surface area (Å²) in [5.41, 5.74) is -0.253. The predicted octanol–water partition coefficient (Wildman–Crippen LogP) is 1.96. The number of aryl methyl sites for hydroxylation is 1. The van der Waals surface area contributed by atoms with Crippen LogP contribution in [0.4, 0.5) is 0 Å². The largest absolute Gasteiger partial charge is 0.388 e. The van der Waals surface area contributed by atoms with Crippen molar-refractivity contribution in [1.82, 2.24) is 15.1 Å². The lowest BCUT2D eigenvalue weighted by Crippen LogP contribution is -2.42. The molecule has 1 amide bonds. The van der Waals surface area contributed by atoms with Crippen molar-refractivity contribution in [2.75, 3.05) is 6.54 Å². The molecule has 1 aromatic rings. The molecule has 0 saturated heterocycles. The number of amides is 1. The van der Waals surface area contributed by atoms with Crippen LogP contribution in [-0.4, -0.2) is 32.9 Å². The Morgan fingerprint density at radius 2 is 2.00 bits per heavy atom. The first-order valence-corrected chi connectivity index (χ1v) is 7.07. The monoisotopic (exact) mass is 267 g/mol. The highest BCUT2D eigenvalue weighted by molar-refractivity contribution is 5.93. The van der Waals surface area contributed by atoms with Crippen molar-refractivity contribution in [3.05, 3.63) is 18.0 Å². The Morgan fingerprint density at radius 1 is 1.37 bits per heavy atom. The van der Waals surface area contributed by atoms with Crippen LogP contribution in [0.2, 0.25) is 0 Å². The Hall–Kier alpha value is -1.36. The first-order chi connectivity index (χ1) is 9.04. The molecule has 0 aromatic carbocycles. The Bertz CT molecular complexity index is 395. The van der Waals surface area contributed by atoms with E-state index >= 15 is 0 Å². The summed E-state index contributed by atoms with van der Waals surface area (Å²) >= 11 is 0. The van der Waals surface area contributed by atoms with E-state index in [1.54, 1.807) is 17.1 Å². The molecule has 0 radical (unpaired) electrons. The second-order valence-corrected chi connectivity index (χ2v) is 4.99. The number of carbonyl (C=O) groups is 1. The molecule has 0 aliphatic carbocycles. The van der Waals surface area contributed by atoms with Gasteiger partial charge in [-0.15, -0.1) is 0 Å². The third-order valence-electron chi connectivity index (χ3n) is 3.23. The Kier molecular flexibility index (Phi) is 6.02. The molecule has 5 heteroatoms. The van der Waals surface area contributed by atoms with Gasteiger partial charge in [0.15, 0.2) is 0 Å². The van der Waals surface area contributed by atoms with Crippen LogP contribution in [0, 0.1) is 0 Å². The highest BCUT2D eigenvalue weighted by Gasteiger charge is 2.25. The van der Waals surface area contributed by atoms with Crippen molar-refractivity contribution in [1.29, 1.82) is 0 Å². The van der Waals surface area contributed by atoms with Gasteiger partial charge >= 0.3 is 0 Å². The van der Waals surface area contributed by atoms with E-state index < -0.39 is 5.60 Å². The van der Waals surface area contributed by atoms with E-state index in [9.17, 15) is 9.90 Å². The van der Waals surface area contributed by atoms with Crippen molar-refractivity contribution in [3.63, 3.8) is 0 Å². The van der Waals surface area contributed by atoms with Crippen molar-refractivity contribution < 1.29 is 9.90 Å². The number of rotatable bonds is 8. The van der Waals surface area contributed by atoms with E-state index in [0.717, 1.165) is 19.4 Å². The summed E-state index contributed by atoms with van der Waals surface area (Å²) in [6.45, 7) is 7.07. The second-order valence-electron chi connectivity index (χ2n) is 4.99. The van der Waals surface area contributed by atoms with Gasteiger partial charge in [-0.1, -0.05) is 26.7 Å². The van der Waals surface area contributed by atoms with Gasteiger partial charge in [0.05, 0.1) is 17.4 Å². The van der Waals surface area contributed by atoms with Crippen LogP contribution < -0.4 is 5.32 Å². The molecule has 0 fully saturated rings. The van der Waals surface area contributed by atoms with Gasteiger partial charge in [0.25, 0.3) is 5.91 Å². The Morgan fingerprint density at radius 3 is 2.47 bits per heavy atom. The summed E-state index contributed by atoms with van der Waals surface area (Å²) in [5.74, 6) is -0.176. The molecule has 1 rings (SSSR count). The Labute approximate surface area is 115 Å². The summed E-state index contributed by atoms with van der Waals surface area (Å²) in [4.78, 5) is 12.0. The van der Waals surface area contributed by atoms with Gasteiger partial charge in [0, 0.05) is 19.3 Å². The van der Waals surface area contributed by atoms with Crippen molar-refractivity contribution in [2.45, 2.75) is 58.6 Å². The number of aliphatic hydroxyl groups is 1. The second kappa shape index (κ2) is 7.28. The standard InChI is InChI=1S/C14H25N3O2/c1-4-7-14(19,8-5-2)11-15-13(18)12-9-16-17(6-3)10-12/h9-10,19H,4-8,11H2,1-3H3,(H,15,18). The zero-order valence-corrected chi connectivity index (χ0v) is 12.1. The smallest absolute Gasteiger partial charge is 0.254 e. The van der Waals surface area contributed by atoms with Crippen LogP contribution in [-0.2, 0) is 6.54 Å². The van der Waals surface area contributed by atoms with Gasteiger partial charge in [-0.3, -0.25) is 9.48 Å². The summed E-state index contributed by atoms with van der Waals surface area (Å²) < 4.78 is 1.71. The van der Waals surface area contributed by atoms with Crippen LogP contribution in [0.15, 0.2) is 12.4 Å². The molecule has 108 valence electrons. The van der Waals surface area contributed by atoms with Crippen molar-refractivity contribution >= 4 is 5.91 Å². The van der Waals surface area contributed by atoms with E-state index in [1.807, 2.05) is 20.8 Å². The van der Waals surface area contributed by atoms with Gasteiger partial charge in [-0.25, -0.2) is 0 Å². The molecular formula is C14H25N3O2. The number of nitrogens with one attached hydrogen (secondary N) is 1. The minimum Gasteiger partial charge on any atom is -0.388 e. The molecular weight excluding hydrogens is 242 g/mol. The molecule has 1 heterocycles. The lowest BCUT2D eigenvalue weighted by atomic mass is 9.92. The summed E-state index contributed by atoms with van der Waals surface area (Å²) in [5, 5.41) is 17.3. The molecule has 5 nitrogen and oxygen atoms in total. The number of hydrogen-bond acceptors (Lipinski definition) is 3. The van der Waals surface area contributed by atoms with Crippen molar-refractivity contribution in [2.24, 2.45) is 0 Å². The van der Waals surface area contributed by atoms with E-state index in [1.165, 1.54) is 0 Å². The topological polar surface area (TPSA) is 67.2 Å². The van der Waals surface area contributed by atoms with Crippen molar-refractivity contribution in [3.8, 4) is 0 Å². The fraction of sp³-hybridized carbons (Fsp3) is 0.714. The number of carbonyl (C=O) groups excluding carboxylic acids is 1. The zero-order valence-electron chi connectivity index (χ0n) is 12.1. The zero-order chi connectivity index (χ0) is 14.3. The van der Waals surface area contributed by atoms with Crippen LogP contribution >= 0.6 is 0 Å². The van der Waals surface area contributed by atoms with Gasteiger partial charge in [0.1, 0.15) is 0 Å². The molecule has 0 bridgehead atoms. The summed E-state index contributed by atoms with van der Waals surface area (Å²) in [6, 6.07) is 0. The maximum atomic E-state index is 12.0. The number of nitrogens with zero attached hydrogens (tertiary/aromatic N) is 2. The Balaban J connectivity index is 2.56. The van der Waals surface area contributed by atoms with Gasteiger partial charge < -0.3 is 10.4 Å².